The van der Waals surface area contributed by atoms with Crippen LogP contribution in [0.2, 0.25) is 0 Å². The molecule has 1 amide bonds. The fourth-order valence-electron chi connectivity index (χ4n) is 9.51. The van der Waals surface area contributed by atoms with Gasteiger partial charge in [0.25, 0.3) is 0 Å². The first-order chi connectivity index (χ1) is 34.3. The Kier molecular flexibility index (Phi) is 47.9. The number of amides is 1. The molecule has 1 rings (SSSR count). The zero-order valence-electron chi connectivity index (χ0n) is 45.5. The number of aliphatic hydroxyl groups is 5. The SMILES string of the molecule is CC/C=C\C/C=C\C/C=C\C/C=C\CCCCCCCCCCCCCCCCCCC(=O)NC(COC1OC(CO)C(O)C(O)C1O)C(O)CCCCCCCCCCCCCCCCCCCC. The minimum absolute atomic E-state index is 0.136. The molecule has 70 heavy (non-hydrogen) atoms. The van der Waals surface area contributed by atoms with Crippen molar-refractivity contribution >= 4 is 5.91 Å². The summed E-state index contributed by atoms with van der Waals surface area (Å²) >= 11 is 0. The van der Waals surface area contributed by atoms with Crippen molar-refractivity contribution in [3.8, 4) is 0 Å². The highest BCUT2D eigenvalue weighted by Crippen LogP contribution is 2.23. The molecule has 1 aliphatic heterocycles. The Morgan fingerprint density at radius 1 is 0.500 bits per heavy atom. The first-order valence-electron chi connectivity index (χ1n) is 29.8. The van der Waals surface area contributed by atoms with Crippen LogP contribution in [0.25, 0.3) is 0 Å². The third kappa shape index (κ3) is 39.7. The van der Waals surface area contributed by atoms with Crippen LogP contribution in [0.4, 0.5) is 0 Å². The summed E-state index contributed by atoms with van der Waals surface area (Å²) in [6.45, 7) is 3.75. The van der Waals surface area contributed by atoms with Crippen LogP contribution in [-0.2, 0) is 14.3 Å². The predicted octanol–water partition coefficient (Wildman–Crippen LogP) is 14.9. The van der Waals surface area contributed by atoms with Crippen LogP contribution in [0, 0.1) is 0 Å². The van der Waals surface area contributed by atoms with E-state index in [2.05, 4.69) is 67.8 Å². The number of unbranched alkanes of at least 4 members (excludes halogenated alkanes) is 33. The average Bonchev–Trinajstić information content (AvgIpc) is 3.36. The molecule has 1 heterocycles. The van der Waals surface area contributed by atoms with Gasteiger partial charge in [-0.15, -0.1) is 0 Å². The summed E-state index contributed by atoms with van der Waals surface area (Å²) in [5.74, 6) is -0.142. The molecule has 1 fully saturated rings. The molecular weight excluding hydrogens is 875 g/mol. The molecule has 9 heteroatoms. The first kappa shape index (κ1) is 66.2. The predicted molar refractivity (Wildman–Crippen MR) is 295 cm³/mol. The molecule has 0 saturated carbocycles. The first-order valence-corrected chi connectivity index (χ1v) is 29.8. The molecule has 0 aliphatic carbocycles. The van der Waals surface area contributed by atoms with Gasteiger partial charge in [-0.25, -0.2) is 0 Å². The second-order valence-electron chi connectivity index (χ2n) is 20.8. The van der Waals surface area contributed by atoms with E-state index in [9.17, 15) is 30.3 Å². The van der Waals surface area contributed by atoms with E-state index < -0.39 is 49.5 Å². The highest BCUT2D eigenvalue weighted by molar-refractivity contribution is 5.76. The molecule has 1 saturated heterocycles. The summed E-state index contributed by atoms with van der Waals surface area (Å²) in [5.41, 5.74) is 0. The van der Waals surface area contributed by atoms with Crippen molar-refractivity contribution in [2.75, 3.05) is 13.2 Å². The zero-order valence-corrected chi connectivity index (χ0v) is 45.5. The zero-order chi connectivity index (χ0) is 50.8. The number of rotatable bonds is 51. The topological polar surface area (TPSA) is 149 Å². The van der Waals surface area contributed by atoms with Crippen molar-refractivity contribution in [3.63, 3.8) is 0 Å². The van der Waals surface area contributed by atoms with Crippen LogP contribution in [-0.4, -0.2) is 87.5 Å². The van der Waals surface area contributed by atoms with E-state index in [1.165, 1.54) is 186 Å². The number of allylic oxidation sites excluding steroid dienone is 8. The van der Waals surface area contributed by atoms with Crippen LogP contribution in [0.1, 0.15) is 277 Å². The van der Waals surface area contributed by atoms with E-state index in [-0.39, 0.29) is 12.5 Å². The van der Waals surface area contributed by atoms with Crippen LogP contribution in [0.5, 0.6) is 0 Å². The van der Waals surface area contributed by atoms with Gasteiger partial charge in [0.2, 0.25) is 5.91 Å². The third-order valence-corrected chi connectivity index (χ3v) is 14.2. The van der Waals surface area contributed by atoms with E-state index in [0.717, 1.165) is 64.2 Å². The number of nitrogens with one attached hydrogen (secondary N) is 1. The van der Waals surface area contributed by atoms with Gasteiger partial charge >= 0.3 is 0 Å². The van der Waals surface area contributed by atoms with E-state index >= 15 is 0 Å². The maximum Gasteiger partial charge on any atom is 0.220 e. The van der Waals surface area contributed by atoms with E-state index in [0.29, 0.717) is 12.8 Å². The lowest BCUT2D eigenvalue weighted by Crippen LogP contribution is -2.60. The maximum atomic E-state index is 13.1. The Labute approximate surface area is 431 Å². The molecular formula is C61H113NO8. The molecule has 0 spiro atoms. The standard InChI is InChI=1S/C61H113NO8/c1-3-5-7-9-11-13-15-17-19-21-23-24-25-26-27-28-29-30-31-32-33-35-37-39-41-43-45-47-49-51-57(65)62-54(53-69-61-60(68)59(67)58(66)56(52-63)70-61)55(64)50-48-46-44-42-40-38-36-34-22-20-18-16-14-12-10-8-6-4-2/h5,7,11,13,17,19,23-24,54-56,58-61,63-64,66-68H,3-4,6,8-10,12,14-16,18,20-22,25-53H2,1-2H3,(H,62,65)/b7-5-,13-11-,19-17-,24-23-. The summed E-state index contributed by atoms with van der Waals surface area (Å²) in [6, 6.07) is -0.719. The number of hydrogen-bond acceptors (Lipinski definition) is 8. The summed E-state index contributed by atoms with van der Waals surface area (Å²) in [5, 5.41) is 54.7. The van der Waals surface area contributed by atoms with Crippen molar-refractivity contribution in [1.82, 2.24) is 5.32 Å². The number of carbonyl (C=O) groups is 1. The van der Waals surface area contributed by atoms with Gasteiger partial charge in [-0.2, -0.15) is 0 Å². The number of carbonyl (C=O) groups excluding carboxylic acids is 1. The molecule has 1 aliphatic rings. The molecule has 410 valence electrons. The second-order valence-corrected chi connectivity index (χ2v) is 20.8. The van der Waals surface area contributed by atoms with Gasteiger partial charge in [0, 0.05) is 6.42 Å². The van der Waals surface area contributed by atoms with Gasteiger partial charge in [-0.3, -0.25) is 4.79 Å². The molecule has 6 N–H and O–H groups in total. The summed E-state index contributed by atoms with van der Waals surface area (Å²) < 4.78 is 11.3. The van der Waals surface area contributed by atoms with Crippen molar-refractivity contribution in [2.24, 2.45) is 0 Å². The summed E-state index contributed by atoms with van der Waals surface area (Å²) in [6.07, 6.45) is 60.0. The lowest BCUT2D eigenvalue weighted by molar-refractivity contribution is -0.302. The minimum Gasteiger partial charge on any atom is -0.394 e. The molecule has 7 atom stereocenters. The normalized spacial score (nSPS) is 19.7. The summed E-state index contributed by atoms with van der Waals surface area (Å²) in [4.78, 5) is 13.1. The van der Waals surface area contributed by atoms with E-state index in [1.54, 1.807) is 0 Å². The Morgan fingerprint density at radius 3 is 1.31 bits per heavy atom. The van der Waals surface area contributed by atoms with Gasteiger partial charge in [0.05, 0.1) is 25.4 Å². The van der Waals surface area contributed by atoms with Gasteiger partial charge in [-0.1, -0.05) is 268 Å². The highest BCUT2D eigenvalue weighted by Gasteiger charge is 2.44. The average molecular weight is 989 g/mol. The molecule has 7 unspecified atom stereocenters. The Balaban J connectivity index is 2.16. The van der Waals surface area contributed by atoms with Gasteiger partial charge in [0.1, 0.15) is 24.4 Å². The third-order valence-electron chi connectivity index (χ3n) is 14.2. The van der Waals surface area contributed by atoms with Crippen LogP contribution in [0.3, 0.4) is 0 Å². The van der Waals surface area contributed by atoms with Crippen LogP contribution >= 0.6 is 0 Å². The maximum absolute atomic E-state index is 13.1. The molecule has 0 aromatic heterocycles. The van der Waals surface area contributed by atoms with E-state index in [4.69, 9.17) is 9.47 Å². The van der Waals surface area contributed by atoms with Crippen molar-refractivity contribution in [2.45, 2.75) is 320 Å². The lowest BCUT2D eigenvalue weighted by atomic mass is 9.99. The molecule has 0 aromatic rings. The van der Waals surface area contributed by atoms with Crippen LogP contribution in [0.15, 0.2) is 48.6 Å². The number of hydrogen-bond donors (Lipinski definition) is 6. The van der Waals surface area contributed by atoms with Gasteiger partial charge < -0.3 is 40.3 Å². The monoisotopic (exact) mass is 988 g/mol. The Hall–Kier alpha value is -1.85. The van der Waals surface area contributed by atoms with E-state index in [1.807, 2.05) is 0 Å². The number of ether oxygens (including phenoxy) is 2. The fourth-order valence-corrected chi connectivity index (χ4v) is 9.51. The van der Waals surface area contributed by atoms with Gasteiger partial charge in [-0.05, 0) is 51.4 Å². The fraction of sp³-hybridized carbons (Fsp3) is 0.852. The minimum atomic E-state index is -1.55. The smallest absolute Gasteiger partial charge is 0.220 e. The Morgan fingerprint density at radius 2 is 0.886 bits per heavy atom. The molecule has 0 radical (unpaired) electrons. The Bertz CT molecular complexity index is 1240. The molecule has 0 aromatic carbocycles. The van der Waals surface area contributed by atoms with Crippen molar-refractivity contribution < 1.29 is 39.8 Å². The second kappa shape index (κ2) is 50.7. The lowest BCUT2D eigenvalue weighted by Gasteiger charge is -2.40. The van der Waals surface area contributed by atoms with Crippen molar-refractivity contribution in [1.29, 1.82) is 0 Å². The largest absolute Gasteiger partial charge is 0.394 e. The number of aliphatic hydroxyl groups excluding tert-OH is 5. The quantitative estimate of drug-likeness (QED) is 0.0261. The van der Waals surface area contributed by atoms with Crippen LogP contribution < -0.4 is 5.32 Å². The van der Waals surface area contributed by atoms with Crippen molar-refractivity contribution in [3.05, 3.63) is 48.6 Å². The molecule has 0 bridgehead atoms. The van der Waals surface area contributed by atoms with Gasteiger partial charge in [0.15, 0.2) is 6.29 Å². The summed E-state index contributed by atoms with van der Waals surface area (Å²) in [7, 11) is 0. The highest BCUT2D eigenvalue weighted by atomic mass is 16.7. The molecule has 9 nitrogen and oxygen atoms in total.